The minimum Gasteiger partial charge on any atom is -0.368 e. The van der Waals surface area contributed by atoms with Crippen LogP contribution in [-0.2, 0) is 0 Å². The fraction of sp³-hybridized carbons (Fsp3) is 0.300. The highest BCUT2D eigenvalue weighted by Crippen LogP contribution is 2.24. The zero-order valence-corrected chi connectivity index (χ0v) is 9.63. The van der Waals surface area contributed by atoms with Crippen LogP contribution in [0.4, 0.5) is 14.5 Å². The Bertz CT molecular complexity index is 387. The third kappa shape index (κ3) is 3.17. The molecule has 0 saturated heterocycles. The average Bonchev–Trinajstić information content (AvgIpc) is 2.16. The molecule has 1 rings (SSSR count). The van der Waals surface area contributed by atoms with E-state index in [0.29, 0.717) is 11.3 Å². The van der Waals surface area contributed by atoms with Gasteiger partial charge in [0, 0.05) is 11.5 Å². The molecule has 0 aliphatic carbocycles. The summed E-state index contributed by atoms with van der Waals surface area (Å²) >= 11 is 3.24. The Labute approximate surface area is 95.2 Å². The summed E-state index contributed by atoms with van der Waals surface area (Å²) in [6.07, 6.45) is -2.42. The van der Waals surface area contributed by atoms with E-state index in [1.54, 1.807) is 18.2 Å². The van der Waals surface area contributed by atoms with E-state index < -0.39 is 6.43 Å². The van der Waals surface area contributed by atoms with Crippen LogP contribution in [0.2, 0.25) is 0 Å². The van der Waals surface area contributed by atoms with E-state index in [9.17, 15) is 8.78 Å². The van der Waals surface area contributed by atoms with E-state index in [4.69, 9.17) is 5.26 Å². The highest BCUT2D eigenvalue weighted by atomic mass is 79.9. The van der Waals surface area contributed by atoms with E-state index >= 15 is 0 Å². The fourth-order valence-electron chi connectivity index (χ4n) is 1.22. The second-order valence-corrected chi connectivity index (χ2v) is 3.96. The standard InChI is InChI=1S/C10H9BrF2N2/c1-15(6-10(12)13)9-4-8(11)3-2-7(9)5-14/h2-4,10H,6H2,1H3. The van der Waals surface area contributed by atoms with Crippen LogP contribution >= 0.6 is 15.9 Å². The van der Waals surface area contributed by atoms with Crippen LogP contribution in [0, 0.1) is 11.3 Å². The molecule has 80 valence electrons. The summed E-state index contributed by atoms with van der Waals surface area (Å²) in [4.78, 5) is 1.37. The number of nitriles is 1. The van der Waals surface area contributed by atoms with Gasteiger partial charge in [-0.15, -0.1) is 0 Å². The molecule has 0 aliphatic rings. The Morgan fingerprint density at radius 3 is 2.73 bits per heavy atom. The smallest absolute Gasteiger partial charge is 0.255 e. The van der Waals surface area contributed by atoms with Crippen molar-refractivity contribution in [3.05, 3.63) is 28.2 Å². The Balaban J connectivity index is 3.01. The van der Waals surface area contributed by atoms with Crippen LogP contribution in [0.25, 0.3) is 0 Å². The van der Waals surface area contributed by atoms with Crippen molar-refractivity contribution in [2.75, 3.05) is 18.5 Å². The topological polar surface area (TPSA) is 27.0 Å². The lowest BCUT2D eigenvalue weighted by molar-refractivity contribution is 0.156. The summed E-state index contributed by atoms with van der Waals surface area (Å²) in [5, 5.41) is 8.81. The van der Waals surface area contributed by atoms with Crippen LogP contribution in [-0.4, -0.2) is 20.0 Å². The summed E-state index contributed by atoms with van der Waals surface area (Å²) in [6, 6.07) is 6.93. The lowest BCUT2D eigenvalue weighted by Gasteiger charge is -2.20. The van der Waals surface area contributed by atoms with E-state index in [-0.39, 0.29) is 6.54 Å². The summed E-state index contributed by atoms with van der Waals surface area (Å²) in [5.41, 5.74) is 0.897. The number of rotatable bonds is 3. The molecule has 0 amide bonds. The second-order valence-electron chi connectivity index (χ2n) is 3.04. The predicted molar refractivity (Wildman–Crippen MR) is 58.1 cm³/mol. The molecule has 0 atom stereocenters. The predicted octanol–water partition coefficient (Wildman–Crippen LogP) is 3.02. The Hall–Kier alpha value is -1.15. The largest absolute Gasteiger partial charge is 0.368 e. The van der Waals surface area contributed by atoms with Crippen LogP contribution in [0.5, 0.6) is 0 Å². The van der Waals surface area contributed by atoms with Crippen molar-refractivity contribution in [1.29, 1.82) is 5.26 Å². The molecule has 0 radical (unpaired) electrons. The first-order valence-electron chi connectivity index (χ1n) is 4.23. The van der Waals surface area contributed by atoms with E-state index in [0.717, 1.165) is 4.47 Å². The number of hydrogen-bond acceptors (Lipinski definition) is 2. The maximum Gasteiger partial charge on any atom is 0.255 e. The molecule has 0 N–H and O–H groups in total. The minimum absolute atomic E-state index is 0.384. The summed E-state index contributed by atoms with van der Waals surface area (Å²) in [5.74, 6) is 0. The summed E-state index contributed by atoms with van der Waals surface area (Å²) < 4.78 is 25.1. The molecule has 0 aromatic heterocycles. The Morgan fingerprint density at radius 2 is 2.20 bits per heavy atom. The molecule has 15 heavy (non-hydrogen) atoms. The average molecular weight is 275 g/mol. The molecule has 0 bridgehead atoms. The molecule has 0 unspecified atom stereocenters. The quantitative estimate of drug-likeness (QED) is 0.847. The lowest BCUT2D eigenvalue weighted by atomic mass is 10.2. The van der Waals surface area contributed by atoms with Gasteiger partial charge in [-0.05, 0) is 18.2 Å². The van der Waals surface area contributed by atoms with Crippen LogP contribution in [0.15, 0.2) is 22.7 Å². The lowest BCUT2D eigenvalue weighted by Crippen LogP contribution is -2.24. The van der Waals surface area contributed by atoms with Crippen molar-refractivity contribution in [3.8, 4) is 6.07 Å². The van der Waals surface area contributed by atoms with Crippen molar-refractivity contribution in [2.24, 2.45) is 0 Å². The highest BCUT2D eigenvalue weighted by molar-refractivity contribution is 9.10. The molecule has 1 aromatic rings. The number of alkyl halides is 2. The summed E-state index contributed by atoms with van der Waals surface area (Å²) in [7, 11) is 1.54. The molecule has 2 nitrogen and oxygen atoms in total. The molecule has 0 saturated carbocycles. The van der Waals surface area contributed by atoms with Crippen molar-refractivity contribution in [3.63, 3.8) is 0 Å². The molecule has 1 aromatic carbocycles. The Morgan fingerprint density at radius 1 is 1.53 bits per heavy atom. The zero-order chi connectivity index (χ0) is 11.4. The van der Waals surface area contributed by atoms with Gasteiger partial charge in [0.2, 0.25) is 0 Å². The highest BCUT2D eigenvalue weighted by Gasteiger charge is 2.12. The second kappa shape index (κ2) is 5.08. The number of halogens is 3. The third-order valence-corrected chi connectivity index (χ3v) is 2.40. The molecule has 0 fully saturated rings. The monoisotopic (exact) mass is 274 g/mol. The van der Waals surface area contributed by atoms with Gasteiger partial charge in [-0.3, -0.25) is 0 Å². The van der Waals surface area contributed by atoms with Crippen molar-refractivity contribution in [2.45, 2.75) is 6.43 Å². The van der Waals surface area contributed by atoms with Gasteiger partial charge in [0.15, 0.2) is 0 Å². The molecular formula is C10H9BrF2N2. The SMILES string of the molecule is CN(CC(F)F)c1cc(Br)ccc1C#N. The zero-order valence-electron chi connectivity index (χ0n) is 8.04. The minimum atomic E-state index is -2.42. The first kappa shape index (κ1) is 11.9. The van der Waals surface area contributed by atoms with Crippen LogP contribution < -0.4 is 4.90 Å². The van der Waals surface area contributed by atoms with E-state index in [2.05, 4.69) is 15.9 Å². The maximum absolute atomic E-state index is 12.2. The van der Waals surface area contributed by atoms with Crippen molar-refractivity contribution in [1.82, 2.24) is 0 Å². The molecule has 0 spiro atoms. The van der Waals surface area contributed by atoms with Crippen molar-refractivity contribution >= 4 is 21.6 Å². The normalized spacial score (nSPS) is 10.1. The maximum atomic E-state index is 12.2. The van der Waals surface area contributed by atoms with Gasteiger partial charge in [0.1, 0.15) is 6.07 Å². The number of anilines is 1. The van der Waals surface area contributed by atoms with Gasteiger partial charge in [-0.25, -0.2) is 8.78 Å². The molecule has 0 heterocycles. The number of hydrogen-bond donors (Lipinski definition) is 0. The van der Waals surface area contributed by atoms with Gasteiger partial charge in [-0.2, -0.15) is 5.26 Å². The van der Waals surface area contributed by atoms with Gasteiger partial charge in [-0.1, -0.05) is 15.9 Å². The Kier molecular flexibility index (Phi) is 4.04. The first-order chi connectivity index (χ1) is 7.04. The van der Waals surface area contributed by atoms with E-state index in [1.807, 2.05) is 6.07 Å². The molecule has 0 aliphatic heterocycles. The fourth-order valence-corrected chi connectivity index (χ4v) is 1.57. The molecule has 5 heteroatoms. The first-order valence-corrected chi connectivity index (χ1v) is 5.03. The van der Waals surface area contributed by atoms with Crippen LogP contribution in [0.1, 0.15) is 5.56 Å². The van der Waals surface area contributed by atoms with Crippen molar-refractivity contribution < 1.29 is 8.78 Å². The molecular weight excluding hydrogens is 266 g/mol. The third-order valence-electron chi connectivity index (χ3n) is 1.90. The van der Waals surface area contributed by atoms with E-state index in [1.165, 1.54) is 11.9 Å². The van der Waals surface area contributed by atoms with Gasteiger partial charge < -0.3 is 4.90 Å². The van der Waals surface area contributed by atoms with Gasteiger partial charge >= 0.3 is 0 Å². The number of nitrogens with zero attached hydrogens (tertiary/aromatic N) is 2. The van der Waals surface area contributed by atoms with Gasteiger partial charge in [0.05, 0.1) is 17.8 Å². The summed E-state index contributed by atoms with van der Waals surface area (Å²) in [6.45, 7) is -0.384. The van der Waals surface area contributed by atoms with Gasteiger partial charge in [0.25, 0.3) is 6.43 Å². The number of benzene rings is 1. The van der Waals surface area contributed by atoms with Crippen LogP contribution in [0.3, 0.4) is 0 Å².